The van der Waals surface area contributed by atoms with Crippen molar-refractivity contribution < 1.29 is 87.8 Å². The first-order valence-electron chi connectivity index (χ1n) is 48.2. The number of rotatable bonds is 41. The molecule has 14 rings (SSSR count). The van der Waals surface area contributed by atoms with E-state index < -0.39 is 17.9 Å². The fraction of sp³-hybridized carbons (Fsp3) is 0.545. The summed E-state index contributed by atoms with van der Waals surface area (Å²) in [7, 11) is 0. The first-order chi connectivity index (χ1) is 61.6. The van der Waals surface area contributed by atoms with Crippen LogP contribution in [0.2, 0.25) is 0 Å². The van der Waals surface area contributed by atoms with Gasteiger partial charge in [0, 0.05) is 0 Å². The van der Waals surface area contributed by atoms with Crippen LogP contribution in [0.5, 0.6) is 17.2 Å². The average Bonchev–Trinajstić information content (AvgIpc) is 1.63. The third-order valence-electron chi connectivity index (χ3n) is 29.0. The molecule has 0 aromatic heterocycles. The molecule has 3 fully saturated rings. The number of benzene rings is 8. The van der Waals surface area contributed by atoms with Gasteiger partial charge in [-0.15, -0.1) is 0 Å². The Morgan fingerprint density at radius 3 is 1.17 bits per heavy atom. The van der Waals surface area contributed by atoms with E-state index in [1.165, 1.54) is 38.8 Å². The number of hydrogen-bond donors (Lipinski definition) is 6. The second-order valence-electron chi connectivity index (χ2n) is 38.7. The smallest absolute Gasteiger partial charge is 0.341 e. The van der Waals surface area contributed by atoms with Crippen molar-refractivity contribution in [3.63, 3.8) is 0 Å². The van der Waals surface area contributed by atoms with Crippen LogP contribution in [0.4, 0.5) is 0 Å². The zero-order chi connectivity index (χ0) is 91.2. The van der Waals surface area contributed by atoms with Gasteiger partial charge in [-0.2, -0.15) is 0 Å². The van der Waals surface area contributed by atoms with Gasteiger partial charge in [-0.1, -0.05) is 224 Å². The largest absolute Gasteiger partial charge is 0.482 e. The number of aliphatic hydroxyl groups excluding tert-OH is 3. The molecule has 0 saturated heterocycles. The van der Waals surface area contributed by atoms with Gasteiger partial charge in [0.1, 0.15) is 35.6 Å². The molecule has 0 radical (unpaired) electrons. The Morgan fingerprint density at radius 2 is 0.758 bits per heavy atom. The SMILES string of the molecule is CCCCC[C@@H](CC[C@@H]1[C@H]2Cc3cccc(OCC(=O)O)c3C[C@H]2C[C@H]1O)OC(=O)C(C)c1ccc(CC(C)C)cc1.CCCCC[C@@H](CC[C@@H]1[C@H]2Cc3cccc(OCC(=O)O)c3C[C@H]2C[C@H]1O)OC(=O)[C@@H](C)c1ccc2cc(C)ccc2c1.CCCCC[C@H](O)CC[C@@H]1[C@H]2Cc3cccc(OCC(=O)O)c3C[C@H]2C[C@H]1OC(=O)[C@@H](C)c1ccc2cc(C)ccc2c1. The molecule has 0 heterocycles. The minimum Gasteiger partial charge on any atom is -0.482 e. The molecule has 6 N–H and O–H groups in total. The number of unbranched alkanes of at least 4 members (excludes halogenated alkanes) is 6. The van der Waals surface area contributed by atoms with Gasteiger partial charge in [-0.25, -0.2) is 14.4 Å². The minimum atomic E-state index is -0.993. The molecule has 0 aliphatic heterocycles. The van der Waals surface area contributed by atoms with Crippen molar-refractivity contribution in [2.45, 2.75) is 303 Å². The summed E-state index contributed by atoms with van der Waals surface area (Å²) < 4.78 is 35.6. The highest BCUT2D eigenvalue weighted by molar-refractivity contribution is 5.88. The maximum absolute atomic E-state index is 13.6. The van der Waals surface area contributed by atoms with Gasteiger partial charge >= 0.3 is 35.8 Å². The second kappa shape index (κ2) is 46.8. The standard InChI is InChI=1S/2C37H46O6.C36H50O6/c1-4-5-6-9-30(43-37(41)24(3)25-13-14-26-17-23(2)11-12-27(26)18-25)15-16-31-32-19-28-8-7-10-35(42-22-36(39)40)33(28)20-29(32)21-34(31)38;1-4-5-6-9-30(38)15-16-31-32-19-28-8-7-10-34(42-22-36(39)40)33(28)20-29(32)21-35(31)43-37(41)24(3)25-13-14-26-17-23(2)11-12-27(26)18-25;1-5-6-7-10-29(42-36(40)24(4)26-14-12-25(13-15-26)18-23(2)3)16-17-30-31-19-27-9-8-11-34(41-22-35(38)39)32(27)20-28(31)21-33(30)37/h7-8,10-14,17-18,24,29-32,34,38H,4-6,9,15-16,19-22H2,1-3H3,(H,39,40);7-8,10-14,17-18,24,29-32,35,38H,4-6,9,15-16,19-22H2,1-3H3,(H,39,40);8-9,11-15,23-24,28-31,33,37H,5-7,10,16-22H2,1-4H3,(H,38,39)/t24-,29-,30-,31+,32-,34+;24-,29-,30-,31+,32-,35+;24?,28-,29-,30+,31-,33+/m000/s1. The van der Waals surface area contributed by atoms with E-state index in [-0.39, 0.29) is 110 Å². The van der Waals surface area contributed by atoms with Crippen molar-refractivity contribution in [3.05, 3.63) is 218 Å². The number of carbonyl (C=O) groups is 6. The van der Waals surface area contributed by atoms with E-state index in [9.17, 15) is 44.1 Å². The summed E-state index contributed by atoms with van der Waals surface area (Å²) in [5.41, 5.74) is 13.4. The molecule has 1 unspecified atom stereocenters. The Labute approximate surface area is 759 Å². The molecule has 0 amide bonds. The molecule has 6 aliphatic rings. The number of esters is 3. The van der Waals surface area contributed by atoms with Gasteiger partial charge in [0.25, 0.3) is 0 Å². The molecule has 0 bridgehead atoms. The first-order valence-corrected chi connectivity index (χ1v) is 48.2. The number of fused-ring (bicyclic) bond motifs is 8. The Morgan fingerprint density at radius 1 is 0.391 bits per heavy atom. The molecule has 690 valence electrons. The number of carbonyl (C=O) groups excluding carboxylic acids is 3. The summed E-state index contributed by atoms with van der Waals surface area (Å²) in [4.78, 5) is 73.6. The third-order valence-corrected chi connectivity index (χ3v) is 29.0. The molecule has 8 aromatic rings. The molecule has 8 aromatic carbocycles. The summed E-state index contributed by atoms with van der Waals surface area (Å²) in [5, 5.41) is 64.9. The quantitative estimate of drug-likeness (QED) is 0.0118. The van der Waals surface area contributed by atoms with Crippen LogP contribution in [0.25, 0.3) is 21.5 Å². The average molecular weight is 1750 g/mol. The van der Waals surface area contributed by atoms with Crippen LogP contribution in [-0.2, 0) is 87.9 Å². The molecule has 18 nitrogen and oxygen atoms in total. The molecule has 128 heavy (non-hydrogen) atoms. The second-order valence-corrected chi connectivity index (χ2v) is 38.7. The molecular formula is C110H142O18. The zero-order valence-electron chi connectivity index (χ0n) is 77.4. The number of aliphatic hydroxyl groups is 3. The lowest BCUT2D eigenvalue weighted by atomic mass is 9.73. The van der Waals surface area contributed by atoms with Gasteiger partial charge in [0.2, 0.25) is 0 Å². The van der Waals surface area contributed by atoms with E-state index in [4.69, 9.17) is 43.7 Å². The van der Waals surface area contributed by atoms with E-state index in [2.05, 4.69) is 152 Å². The molecule has 18 atom stereocenters. The normalized spacial score (nSPS) is 22.5. The van der Waals surface area contributed by atoms with Gasteiger partial charge in [-0.05, 0) is 324 Å². The summed E-state index contributed by atoms with van der Waals surface area (Å²) in [6, 6.07) is 51.1. The van der Waals surface area contributed by atoms with Gasteiger partial charge in [0.15, 0.2) is 19.8 Å². The number of carboxylic acids is 3. The third kappa shape index (κ3) is 26.2. The van der Waals surface area contributed by atoms with Crippen molar-refractivity contribution in [1.82, 2.24) is 0 Å². The number of carboxylic acid groups (broad SMARTS) is 3. The lowest BCUT2D eigenvalue weighted by Gasteiger charge is -2.33. The summed E-state index contributed by atoms with van der Waals surface area (Å²) in [5.74, 6) is 0.450. The number of ether oxygens (including phenoxy) is 6. The molecule has 3 saturated carbocycles. The Kier molecular flexibility index (Phi) is 35.6. The van der Waals surface area contributed by atoms with Crippen molar-refractivity contribution in [2.75, 3.05) is 19.8 Å². The maximum Gasteiger partial charge on any atom is 0.341 e. The van der Waals surface area contributed by atoms with Crippen LogP contribution in [0.15, 0.2) is 152 Å². The number of aryl methyl sites for hydroxylation is 2. The van der Waals surface area contributed by atoms with Gasteiger partial charge in [-0.3, -0.25) is 14.4 Å². The Hall–Kier alpha value is -9.62. The van der Waals surface area contributed by atoms with E-state index >= 15 is 0 Å². The van der Waals surface area contributed by atoms with Crippen molar-refractivity contribution in [2.24, 2.45) is 59.2 Å². The van der Waals surface area contributed by atoms with Crippen molar-refractivity contribution in [3.8, 4) is 17.2 Å². The maximum atomic E-state index is 13.6. The van der Waals surface area contributed by atoms with Crippen molar-refractivity contribution in [1.29, 1.82) is 0 Å². The lowest BCUT2D eigenvalue weighted by Crippen LogP contribution is -2.30. The fourth-order valence-corrected chi connectivity index (χ4v) is 21.9. The minimum absolute atomic E-state index is 0.148. The zero-order valence-corrected chi connectivity index (χ0v) is 77.4. The van der Waals surface area contributed by atoms with E-state index in [0.29, 0.717) is 65.1 Å². The number of hydrogen-bond acceptors (Lipinski definition) is 15. The van der Waals surface area contributed by atoms with Crippen molar-refractivity contribution >= 4 is 57.4 Å². The summed E-state index contributed by atoms with van der Waals surface area (Å²) in [6.07, 6.45) is 23.5. The van der Waals surface area contributed by atoms with Crippen LogP contribution < -0.4 is 14.2 Å². The monoisotopic (exact) mass is 1750 g/mol. The van der Waals surface area contributed by atoms with Crippen LogP contribution in [-0.4, -0.2) is 123 Å². The molecule has 18 heteroatoms. The predicted octanol–water partition coefficient (Wildman–Crippen LogP) is 21.9. The van der Waals surface area contributed by atoms with Gasteiger partial charge < -0.3 is 59.1 Å². The van der Waals surface area contributed by atoms with Crippen LogP contribution in [0, 0.1) is 73.0 Å². The molecule has 6 aliphatic carbocycles. The Bertz CT molecular complexity index is 5010. The van der Waals surface area contributed by atoms with Crippen LogP contribution in [0.1, 0.15) is 275 Å². The summed E-state index contributed by atoms with van der Waals surface area (Å²) in [6.45, 7) is 19.8. The van der Waals surface area contributed by atoms with Gasteiger partial charge in [0.05, 0.1) is 36.1 Å². The van der Waals surface area contributed by atoms with Crippen LogP contribution in [0.3, 0.4) is 0 Å². The highest BCUT2D eigenvalue weighted by atomic mass is 16.6. The molecule has 0 spiro atoms. The number of aliphatic carboxylic acids is 3. The van der Waals surface area contributed by atoms with Crippen LogP contribution >= 0.6 is 0 Å². The Balaban J connectivity index is 0.000000174. The topological polar surface area (TPSA) is 279 Å². The predicted molar refractivity (Wildman–Crippen MR) is 502 cm³/mol. The lowest BCUT2D eigenvalue weighted by molar-refractivity contribution is -0.153. The highest BCUT2D eigenvalue weighted by Gasteiger charge is 2.50. The molecular weight excluding hydrogens is 1610 g/mol. The van der Waals surface area contributed by atoms with E-state index in [1.807, 2.05) is 69.3 Å². The summed E-state index contributed by atoms with van der Waals surface area (Å²) >= 11 is 0. The highest BCUT2D eigenvalue weighted by Crippen LogP contribution is 2.53. The van der Waals surface area contributed by atoms with E-state index in [0.717, 1.165) is 223 Å². The van der Waals surface area contributed by atoms with E-state index in [1.54, 1.807) is 0 Å². The fourth-order valence-electron chi connectivity index (χ4n) is 21.9. The first kappa shape index (κ1) is 97.4.